The number of nitrogens with zero attached hydrogens (tertiary/aromatic N) is 1. The minimum absolute atomic E-state index is 0.0923. The molecule has 6 heteroatoms. The van der Waals surface area contributed by atoms with Crippen molar-refractivity contribution in [1.29, 1.82) is 5.26 Å². The number of hydrogen-bond acceptors (Lipinski definition) is 4. The molecular weight excluding hydrogens is 308 g/mol. The fourth-order valence-corrected chi connectivity index (χ4v) is 2.80. The molecule has 0 aliphatic carbocycles. The Balaban J connectivity index is 2.88. The van der Waals surface area contributed by atoms with Crippen molar-refractivity contribution >= 4 is 14.3 Å². The highest BCUT2D eigenvalue weighted by molar-refractivity contribution is 6.74. The van der Waals surface area contributed by atoms with E-state index < -0.39 is 14.3 Å². The van der Waals surface area contributed by atoms with Gasteiger partial charge in [-0.3, -0.25) is 10.1 Å². The van der Waals surface area contributed by atoms with Gasteiger partial charge in [0, 0.05) is 0 Å². The van der Waals surface area contributed by atoms with E-state index in [2.05, 4.69) is 45.3 Å². The van der Waals surface area contributed by atoms with Gasteiger partial charge in [-0.1, -0.05) is 32.9 Å². The van der Waals surface area contributed by atoms with E-state index in [0.717, 1.165) is 5.56 Å². The van der Waals surface area contributed by atoms with Crippen LogP contribution in [0.25, 0.3) is 0 Å². The van der Waals surface area contributed by atoms with E-state index in [1.165, 1.54) is 0 Å². The van der Waals surface area contributed by atoms with Crippen LogP contribution in [-0.2, 0) is 9.22 Å². The van der Waals surface area contributed by atoms with E-state index in [0.29, 0.717) is 12.2 Å². The predicted octanol–water partition coefficient (Wildman–Crippen LogP) is 3.30. The van der Waals surface area contributed by atoms with Crippen molar-refractivity contribution in [2.24, 2.45) is 0 Å². The zero-order valence-corrected chi connectivity index (χ0v) is 15.5. The summed E-state index contributed by atoms with van der Waals surface area (Å²) in [7, 11) is -1.91. The van der Waals surface area contributed by atoms with Gasteiger partial charge in [0.25, 0.3) is 0 Å². The molecule has 5 nitrogen and oxygen atoms in total. The Kier molecular flexibility index (Phi) is 6.51. The van der Waals surface area contributed by atoms with Crippen LogP contribution in [0.1, 0.15) is 37.9 Å². The normalized spacial score (nSPS) is 13.4. The molecule has 0 fully saturated rings. The highest BCUT2D eigenvalue weighted by Gasteiger charge is 2.37. The molecule has 0 heterocycles. The largest absolute Gasteiger partial charge is 0.480 e. The first-order valence-electron chi connectivity index (χ1n) is 7.66. The fourth-order valence-electron chi connectivity index (χ4n) is 1.78. The van der Waals surface area contributed by atoms with E-state index in [-0.39, 0.29) is 17.6 Å². The Hall–Kier alpha value is -1.68. The van der Waals surface area contributed by atoms with Gasteiger partial charge in [-0.05, 0) is 35.8 Å². The van der Waals surface area contributed by atoms with Crippen LogP contribution in [0.4, 0.5) is 0 Å². The summed E-state index contributed by atoms with van der Waals surface area (Å²) in [5.41, 5.74) is 1.50. The summed E-state index contributed by atoms with van der Waals surface area (Å²) in [4.78, 5) is 10.9. The summed E-state index contributed by atoms with van der Waals surface area (Å²) in [6.07, 6.45) is 0. The topological polar surface area (TPSA) is 82.3 Å². The molecule has 1 unspecified atom stereocenters. The lowest BCUT2D eigenvalue weighted by atomic mass is 10.1. The molecule has 1 atom stereocenters. The maximum atomic E-state index is 10.9. The molecule has 0 saturated heterocycles. The van der Waals surface area contributed by atoms with Crippen molar-refractivity contribution < 1.29 is 14.3 Å². The summed E-state index contributed by atoms with van der Waals surface area (Å²) in [5.74, 6) is -0.907. The SMILES string of the molecule is CC(C)(C)[Si](C)(C)OCC(NCC(=O)O)c1ccc(C#N)cc1. The fraction of sp³-hybridized carbons (Fsp3) is 0.529. The quantitative estimate of drug-likeness (QED) is 0.748. The number of carboxylic acids is 1. The highest BCUT2D eigenvalue weighted by atomic mass is 28.4. The first-order chi connectivity index (χ1) is 10.6. The lowest BCUT2D eigenvalue weighted by molar-refractivity contribution is -0.136. The lowest BCUT2D eigenvalue weighted by Crippen LogP contribution is -2.43. The van der Waals surface area contributed by atoms with Gasteiger partial charge in [-0.25, -0.2) is 0 Å². The Bertz CT molecular complexity index is 571. The number of rotatable bonds is 7. The van der Waals surface area contributed by atoms with Gasteiger partial charge in [-0.2, -0.15) is 5.26 Å². The van der Waals surface area contributed by atoms with Gasteiger partial charge in [0.2, 0.25) is 0 Å². The molecule has 0 amide bonds. The number of hydrogen-bond donors (Lipinski definition) is 2. The third kappa shape index (κ3) is 5.79. The maximum Gasteiger partial charge on any atom is 0.317 e. The molecule has 23 heavy (non-hydrogen) atoms. The number of benzene rings is 1. The van der Waals surface area contributed by atoms with Crippen molar-refractivity contribution in [3.63, 3.8) is 0 Å². The van der Waals surface area contributed by atoms with Crippen LogP contribution in [0.2, 0.25) is 18.1 Å². The van der Waals surface area contributed by atoms with Gasteiger partial charge < -0.3 is 9.53 Å². The molecule has 0 saturated carbocycles. The number of nitrogens with one attached hydrogen (secondary N) is 1. The second-order valence-corrected chi connectivity index (χ2v) is 11.9. The van der Waals surface area contributed by atoms with Crippen LogP contribution >= 0.6 is 0 Å². The van der Waals surface area contributed by atoms with Gasteiger partial charge in [0.15, 0.2) is 8.32 Å². The Labute approximate surface area is 139 Å². The minimum Gasteiger partial charge on any atom is -0.480 e. The summed E-state index contributed by atoms with van der Waals surface area (Å²) in [5, 5.41) is 20.9. The van der Waals surface area contributed by atoms with Crippen LogP contribution in [0, 0.1) is 11.3 Å². The summed E-state index contributed by atoms with van der Waals surface area (Å²) in [6.45, 7) is 11.1. The van der Waals surface area contributed by atoms with Crippen molar-refractivity contribution in [3.05, 3.63) is 35.4 Å². The zero-order valence-electron chi connectivity index (χ0n) is 14.5. The van der Waals surface area contributed by atoms with Gasteiger partial charge in [-0.15, -0.1) is 0 Å². The molecule has 1 aromatic carbocycles. The van der Waals surface area contributed by atoms with Gasteiger partial charge in [0.05, 0.1) is 30.8 Å². The molecule has 0 aliphatic rings. The smallest absolute Gasteiger partial charge is 0.317 e. The molecule has 126 valence electrons. The van der Waals surface area contributed by atoms with E-state index in [4.69, 9.17) is 14.8 Å². The van der Waals surface area contributed by atoms with E-state index in [1.807, 2.05) is 12.1 Å². The van der Waals surface area contributed by atoms with E-state index >= 15 is 0 Å². The Morgan fingerprint density at radius 2 is 1.91 bits per heavy atom. The number of carboxylic acid groups (broad SMARTS) is 1. The van der Waals surface area contributed by atoms with Gasteiger partial charge >= 0.3 is 5.97 Å². The molecule has 0 radical (unpaired) electrons. The van der Waals surface area contributed by atoms with Crippen LogP contribution in [0.5, 0.6) is 0 Å². The van der Waals surface area contributed by atoms with Crippen molar-refractivity contribution in [2.45, 2.75) is 44.9 Å². The molecule has 2 N–H and O–H groups in total. The number of aliphatic carboxylic acids is 1. The second kappa shape index (κ2) is 7.73. The van der Waals surface area contributed by atoms with Crippen molar-refractivity contribution in [3.8, 4) is 6.07 Å². The standard InChI is InChI=1S/C17H26N2O3Si/c1-17(2,3)23(4,5)22-12-15(19-11-16(20)21)14-8-6-13(10-18)7-9-14/h6-9,15,19H,11-12H2,1-5H3,(H,20,21). The Morgan fingerprint density at radius 1 is 1.35 bits per heavy atom. The molecular formula is C17H26N2O3Si. The number of carbonyl (C=O) groups is 1. The molecule has 1 rings (SSSR count). The minimum atomic E-state index is -1.91. The van der Waals surface area contributed by atoms with E-state index in [9.17, 15) is 4.79 Å². The summed E-state index contributed by atoms with van der Waals surface area (Å²) in [6, 6.07) is 9.01. The number of nitriles is 1. The molecule has 0 spiro atoms. The van der Waals surface area contributed by atoms with Crippen molar-refractivity contribution in [2.75, 3.05) is 13.2 Å². The molecule has 0 aliphatic heterocycles. The van der Waals surface area contributed by atoms with Crippen molar-refractivity contribution in [1.82, 2.24) is 5.32 Å². The molecule has 0 bridgehead atoms. The molecule has 1 aromatic rings. The highest BCUT2D eigenvalue weighted by Crippen LogP contribution is 2.37. The summed E-state index contributed by atoms with van der Waals surface area (Å²) >= 11 is 0. The Morgan fingerprint density at radius 3 is 2.35 bits per heavy atom. The first kappa shape index (κ1) is 19.4. The third-order valence-electron chi connectivity index (χ3n) is 4.36. The maximum absolute atomic E-state index is 10.9. The van der Waals surface area contributed by atoms with Crippen LogP contribution in [-0.4, -0.2) is 32.5 Å². The van der Waals surface area contributed by atoms with Crippen LogP contribution in [0.3, 0.4) is 0 Å². The second-order valence-electron chi connectivity index (χ2n) is 7.13. The lowest BCUT2D eigenvalue weighted by Gasteiger charge is -2.37. The zero-order chi connectivity index (χ0) is 17.7. The van der Waals surface area contributed by atoms with Crippen LogP contribution < -0.4 is 5.32 Å². The third-order valence-corrected chi connectivity index (χ3v) is 8.86. The van der Waals surface area contributed by atoms with Crippen LogP contribution in [0.15, 0.2) is 24.3 Å². The molecule has 0 aromatic heterocycles. The predicted molar refractivity (Wildman–Crippen MR) is 92.7 cm³/mol. The van der Waals surface area contributed by atoms with E-state index in [1.54, 1.807) is 12.1 Å². The average Bonchev–Trinajstić information content (AvgIpc) is 2.46. The van der Waals surface area contributed by atoms with Gasteiger partial charge in [0.1, 0.15) is 0 Å². The monoisotopic (exact) mass is 334 g/mol. The summed E-state index contributed by atoms with van der Waals surface area (Å²) < 4.78 is 6.22. The average molecular weight is 334 g/mol. The first-order valence-corrected chi connectivity index (χ1v) is 10.6.